The van der Waals surface area contributed by atoms with E-state index in [0.29, 0.717) is 19.6 Å². The molecule has 29 heavy (non-hydrogen) atoms. The Labute approximate surface area is 177 Å². The lowest BCUT2D eigenvalue weighted by atomic mass is 9.94. The minimum atomic E-state index is -2.00. The second-order valence-electron chi connectivity index (χ2n) is 10.4. The average Bonchev–Trinajstić information content (AvgIpc) is 2.93. The first-order chi connectivity index (χ1) is 13.1. The van der Waals surface area contributed by atoms with E-state index in [-0.39, 0.29) is 48.1 Å². The van der Waals surface area contributed by atoms with Gasteiger partial charge in [-0.15, -0.1) is 0 Å². The third-order valence-corrected chi connectivity index (χ3v) is 10.3. The number of amides is 1. The summed E-state index contributed by atoms with van der Waals surface area (Å²) in [5.74, 6) is -0.490. The fraction of sp³-hybridized carbons (Fsp3) is 0.905. The minimum Gasteiger partial charge on any atom is -0.466 e. The normalized spacial score (nSPS) is 21.8. The van der Waals surface area contributed by atoms with E-state index in [4.69, 9.17) is 19.6 Å². The summed E-state index contributed by atoms with van der Waals surface area (Å²) in [7, 11) is -2.00. The van der Waals surface area contributed by atoms with Crippen molar-refractivity contribution in [2.24, 2.45) is 11.7 Å². The van der Waals surface area contributed by atoms with Crippen LogP contribution in [0.25, 0.3) is 0 Å². The zero-order chi connectivity index (χ0) is 22.6. The van der Waals surface area contributed by atoms with Crippen LogP contribution in [0, 0.1) is 5.92 Å². The zero-order valence-electron chi connectivity index (χ0n) is 19.8. The van der Waals surface area contributed by atoms with Gasteiger partial charge >= 0.3 is 12.1 Å². The van der Waals surface area contributed by atoms with E-state index in [1.807, 2.05) is 20.8 Å². The number of ether oxygens (including phenoxy) is 2. The van der Waals surface area contributed by atoms with Crippen LogP contribution in [-0.4, -0.2) is 62.7 Å². The van der Waals surface area contributed by atoms with Crippen molar-refractivity contribution >= 4 is 20.4 Å². The summed E-state index contributed by atoms with van der Waals surface area (Å²) < 4.78 is 17.3. The Kier molecular flexibility index (Phi) is 8.75. The van der Waals surface area contributed by atoms with E-state index >= 15 is 0 Å². The monoisotopic (exact) mass is 430 g/mol. The average molecular weight is 431 g/mol. The maximum atomic E-state index is 12.9. The lowest BCUT2D eigenvalue weighted by Gasteiger charge is -2.38. The molecule has 1 rings (SSSR count). The number of carbonyl (C=O) groups excluding carboxylic acids is 2. The van der Waals surface area contributed by atoms with Gasteiger partial charge in [-0.3, -0.25) is 4.79 Å². The Balaban J connectivity index is 3.06. The molecule has 2 N–H and O–H groups in total. The van der Waals surface area contributed by atoms with Crippen molar-refractivity contribution in [3.05, 3.63) is 0 Å². The molecule has 0 aliphatic carbocycles. The predicted molar refractivity (Wildman–Crippen MR) is 117 cm³/mol. The topological polar surface area (TPSA) is 91.1 Å². The van der Waals surface area contributed by atoms with Crippen molar-refractivity contribution in [2.75, 3.05) is 19.7 Å². The van der Waals surface area contributed by atoms with E-state index in [0.717, 1.165) is 0 Å². The number of hydrogen-bond donors (Lipinski definition) is 1. The molecule has 0 aromatic rings. The lowest BCUT2D eigenvalue weighted by molar-refractivity contribution is -0.144. The summed E-state index contributed by atoms with van der Waals surface area (Å²) in [6.45, 7) is 19.4. The summed E-state index contributed by atoms with van der Waals surface area (Å²) in [6.07, 6.45) is 0.351. The maximum absolute atomic E-state index is 12.9. The Bertz CT molecular complexity index is 568. The molecule has 8 heteroatoms. The molecule has 3 atom stereocenters. The molecule has 1 heterocycles. The Hall–Kier alpha value is -1.12. The van der Waals surface area contributed by atoms with E-state index < -0.39 is 13.9 Å². The van der Waals surface area contributed by atoms with Gasteiger partial charge in [0.2, 0.25) is 0 Å². The molecule has 0 saturated carbocycles. The van der Waals surface area contributed by atoms with Crippen LogP contribution in [0.15, 0.2) is 0 Å². The highest BCUT2D eigenvalue weighted by Gasteiger charge is 2.46. The number of carbonyl (C=O) groups is 2. The molecule has 7 nitrogen and oxygen atoms in total. The van der Waals surface area contributed by atoms with Crippen molar-refractivity contribution in [1.29, 1.82) is 0 Å². The second-order valence-corrected chi connectivity index (χ2v) is 15.2. The predicted octanol–water partition coefficient (Wildman–Crippen LogP) is 3.91. The van der Waals surface area contributed by atoms with Gasteiger partial charge in [-0.2, -0.15) is 0 Å². The molecule has 1 fully saturated rings. The smallest absolute Gasteiger partial charge is 0.410 e. The van der Waals surface area contributed by atoms with Crippen molar-refractivity contribution in [2.45, 2.75) is 97.2 Å². The van der Waals surface area contributed by atoms with Gasteiger partial charge < -0.3 is 24.5 Å². The molecule has 0 bridgehead atoms. The van der Waals surface area contributed by atoms with Crippen molar-refractivity contribution < 1.29 is 23.5 Å². The highest BCUT2D eigenvalue weighted by Crippen LogP contribution is 2.40. The SMILES string of the molecule is CCOC(=O)CC(CN)[C@@H]1C[C@@H](O[Si](C)(C)C(C)(C)C)CN1C(=O)OC(C)(C)C. The number of esters is 1. The fourth-order valence-corrected chi connectivity index (χ4v) is 4.65. The minimum absolute atomic E-state index is 0.0695. The number of likely N-dealkylation sites (tertiary alicyclic amines) is 1. The van der Waals surface area contributed by atoms with Gasteiger partial charge in [0.05, 0.1) is 19.1 Å². The Morgan fingerprint density at radius 2 is 1.76 bits per heavy atom. The summed E-state index contributed by atoms with van der Waals surface area (Å²) >= 11 is 0. The number of nitrogens with two attached hydrogens (primary N) is 1. The third kappa shape index (κ3) is 7.57. The molecular weight excluding hydrogens is 388 g/mol. The van der Waals surface area contributed by atoms with Crippen molar-refractivity contribution in [3.63, 3.8) is 0 Å². The summed E-state index contributed by atoms with van der Waals surface area (Å²) in [4.78, 5) is 26.7. The molecule has 0 aromatic heterocycles. The van der Waals surface area contributed by atoms with Gasteiger partial charge in [0.25, 0.3) is 0 Å². The fourth-order valence-electron chi connectivity index (χ4n) is 3.29. The number of rotatable bonds is 7. The Morgan fingerprint density at radius 1 is 1.17 bits per heavy atom. The second kappa shape index (κ2) is 9.79. The Morgan fingerprint density at radius 3 is 2.21 bits per heavy atom. The van der Waals surface area contributed by atoms with Gasteiger partial charge in [-0.05, 0) is 58.8 Å². The largest absolute Gasteiger partial charge is 0.466 e. The van der Waals surface area contributed by atoms with Crippen LogP contribution in [0.2, 0.25) is 18.1 Å². The molecule has 0 spiro atoms. The molecule has 0 radical (unpaired) electrons. The maximum Gasteiger partial charge on any atom is 0.410 e. The molecule has 1 aliphatic heterocycles. The zero-order valence-corrected chi connectivity index (χ0v) is 20.8. The van der Waals surface area contributed by atoms with Crippen LogP contribution in [0.4, 0.5) is 4.79 Å². The number of nitrogens with zero attached hydrogens (tertiary/aromatic N) is 1. The van der Waals surface area contributed by atoms with E-state index in [2.05, 4.69) is 33.9 Å². The van der Waals surface area contributed by atoms with Crippen LogP contribution < -0.4 is 5.73 Å². The van der Waals surface area contributed by atoms with E-state index in [1.54, 1.807) is 11.8 Å². The van der Waals surface area contributed by atoms with Crippen LogP contribution >= 0.6 is 0 Å². The standard InChI is InChI=1S/C21H42N2O5Si/c1-10-26-18(24)11-15(13-22)17-12-16(28-29(8,9)21(5,6)7)14-23(17)19(25)27-20(2,3)4/h15-17H,10-14,22H2,1-9H3/t15?,16-,17+/m1/s1. The molecule has 1 unspecified atom stereocenters. The van der Waals surface area contributed by atoms with Gasteiger partial charge in [-0.1, -0.05) is 20.8 Å². The highest BCUT2D eigenvalue weighted by molar-refractivity contribution is 6.74. The van der Waals surface area contributed by atoms with E-state index in [1.165, 1.54) is 0 Å². The van der Waals surface area contributed by atoms with Gasteiger partial charge in [0.15, 0.2) is 8.32 Å². The third-order valence-electron chi connectivity index (χ3n) is 5.78. The van der Waals surface area contributed by atoms with Crippen molar-refractivity contribution in [1.82, 2.24) is 4.90 Å². The summed E-state index contributed by atoms with van der Waals surface area (Å²) in [5, 5.41) is 0.0695. The molecule has 170 valence electrons. The molecule has 1 saturated heterocycles. The van der Waals surface area contributed by atoms with Gasteiger partial charge in [0.1, 0.15) is 5.60 Å². The first kappa shape index (κ1) is 25.9. The van der Waals surface area contributed by atoms with Crippen molar-refractivity contribution in [3.8, 4) is 0 Å². The molecule has 1 amide bonds. The number of hydrogen-bond acceptors (Lipinski definition) is 6. The first-order valence-corrected chi connectivity index (χ1v) is 13.5. The summed E-state index contributed by atoms with van der Waals surface area (Å²) in [6, 6.07) is -0.214. The molecular formula is C21H42N2O5Si. The summed E-state index contributed by atoms with van der Waals surface area (Å²) in [5.41, 5.74) is 5.41. The highest BCUT2D eigenvalue weighted by atomic mass is 28.4. The van der Waals surface area contributed by atoms with Crippen LogP contribution in [0.3, 0.4) is 0 Å². The van der Waals surface area contributed by atoms with Crippen LogP contribution in [0.1, 0.15) is 61.3 Å². The first-order valence-electron chi connectivity index (χ1n) is 10.6. The molecule has 0 aromatic carbocycles. The van der Waals surface area contributed by atoms with E-state index in [9.17, 15) is 9.59 Å². The van der Waals surface area contributed by atoms with Gasteiger partial charge in [-0.25, -0.2) is 4.79 Å². The van der Waals surface area contributed by atoms with Crippen LogP contribution in [-0.2, 0) is 18.7 Å². The molecule has 1 aliphatic rings. The lowest BCUT2D eigenvalue weighted by Crippen LogP contribution is -2.46. The quantitative estimate of drug-likeness (QED) is 0.486. The van der Waals surface area contributed by atoms with Gasteiger partial charge in [0, 0.05) is 18.5 Å². The van der Waals surface area contributed by atoms with Crippen LogP contribution in [0.5, 0.6) is 0 Å².